The topological polar surface area (TPSA) is 66.4 Å². The van der Waals surface area contributed by atoms with E-state index in [1.165, 1.54) is 25.5 Å². The van der Waals surface area contributed by atoms with Crippen LogP contribution in [-0.4, -0.2) is 75.7 Å². The molecule has 7 nitrogen and oxygen atoms in total. The summed E-state index contributed by atoms with van der Waals surface area (Å²) in [5.41, 5.74) is 1.33. The molecule has 0 amide bonds. The molecule has 2 fully saturated rings. The van der Waals surface area contributed by atoms with Crippen LogP contribution in [0.1, 0.15) is 25.3 Å². The van der Waals surface area contributed by atoms with E-state index in [0.29, 0.717) is 12.5 Å². The molecule has 2 unspecified atom stereocenters. The smallest absolute Gasteiger partial charge is 0.310 e. The number of carbonyl (C=O) groups is 1. The third kappa shape index (κ3) is 6.97. The van der Waals surface area contributed by atoms with Crippen molar-refractivity contribution in [2.24, 2.45) is 22.7 Å². The third-order valence-electron chi connectivity index (χ3n) is 6.45. The minimum absolute atomic E-state index is 0. The molecule has 2 aliphatic heterocycles. The van der Waals surface area contributed by atoms with E-state index >= 15 is 0 Å². The molecule has 1 N–H and O–H groups in total. The lowest BCUT2D eigenvalue weighted by Gasteiger charge is -2.33. The van der Waals surface area contributed by atoms with Crippen molar-refractivity contribution in [3.8, 4) is 5.75 Å². The Kier molecular flexibility index (Phi) is 10.3. The first kappa shape index (κ1) is 25.7. The van der Waals surface area contributed by atoms with Crippen LogP contribution in [0.15, 0.2) is 29.3 Å². The summed E-state index contributed by atoms with van der Waals surface area (Å²) in [6.45, 7) is 7.76. The molecule has 8 heteroatoms. The third-order valence-corrected chi connectivity index (χ3v) is 6.45. The second kappa shape index (κ2) is 12.5. The minimum Gasteiger partial charge on any atom is -0.497 e. The molecule has 1 aromatic rings. The number of benzene rings is 1. The van der Waals surface area contributed by atoms with E-state index < -0.39 is 0 Å². The Balaban J connectivity index is 0.00000341. The number of halogens is 1. The Bertz CT molecular complexity index is 720. The van der Waals surface area contributed by atoms with Gasteiger partial charge in [0.25, 0.3) is 0 Å². The fraction of sp³-hybridized carbons (Fsp3) is 0.652. The van der Waals surface area contributed by atoms with Crippen molar-refractivity contribution >= 4 is 35.9 Å². The summed E-state index contributed by atoms with van der Waals surface area (Å²) in [4.78, 5) is 21.1. The fourth-order valence-corrected chi connectivity index (χ4v) is 4.50. The molecule has 0 radical (unpaired) electrons. The Morgan fingerprint density at radius 2 is 1.84 bits per heavy atom. The molecule has 0 spiro atoms. The summed E-state index contributed by atoms with van der Waals surface area (Å²) in [6.07, 6.45) is 2.36. The van der Waals surface area contributed by atoms with Crippen LogP contribution in [0.3, 0.4) is 0 Å². The number of aliphatic imine (C=N–C) groups is 1. The van der Waals surface area contributed by atoms with Gasteiger partial charge in [-0.2, -0.15) is 0 Å². The van der Waals surface area contributed by atoms with Crippen molar-refractivity contribution in [2.75, 3.05) is 54.0 Å². The number of hydrogen-bond acceptors (Lipinski definition) is 5. The SMILES string of the molecule is CN=C(NCC1CCN(Cc2ccc(OC)cc2)CC1)N1CC(C)C(C(=O)OC)C1.I. The number of rotatable bonds is 6. The minimum atomic E-state index is -0.121. The first-order valence-corrected chi connectivity index (χ1v) is 10.9. The maximum Gasteiger partial charge on any atom is 0.310 e. The number of likely N-dealkylation sites (tertiary alicyclic amines) is 2. The standard InChI is InChI=1S/C23H36N4O3.HI/c1-17-14-27(16-21(17)22(28)30-4)23(24-2)25-13-18-9-11-26(12-10-18)15-19-5-7-20(29-3)8-6-19;/h5-8,17-18,21H,9-16H2,1-4H3,(H,24,25);1H. The number of esters is 1. The van der Waals surface area contributed by atoms with Crippen LogP contribution in [0, 0.1) is 17.8 Å². The zero-order valence-corrected chi connectivity index (χ0v) is 21.5. The molecule has 2 aliphatic rings. The van der Waals surface area contributed by atoms with Gasteiger partial charge in [-0.05, 0) is 55.5 Å². The van der Waals surface area contributed by atoms with Gasteiger partial charge in [0.05, 0.1) is 20.1 Å². The molecular formula is C23H37IN4O3. The molecule has 0 aromatic heterocycles. The van der Waals surface area contributed by atoms with E-state index in [2.05, 4.69) is 39.2 Å². The molecule has 0 aliphatic carbocycles. The molecule has 3 rings (SSSR count). The Morgan fingerprint density at radius 1 is 1.16 bits per heavy atom. The predicted molar refractivity (Wildman–Crippen MR) is 134 cm³/mol. The lowest BCUT2D eigenvalue weighted by Crippen LogP contribution is -2.44. The Morgan fingerprint density at radius 3 is 2.42 bits per heavy atom. The lowest BCUT2D eigenvalue weighted by atomic mass is 9.96. The number of nitrogens with zero attached hydrogens (tertiary/aromatic N) is 3. The number of carbonyl (C=O) groups excluding carboxylic acids is 1. The molecule has 2 saturated heterocycles. The van der Waals surface area contributed by atoms with Crippen LogP contribution < -0.4 is 10.1 Å². The number of piperidine rings is 1. The number of methoxy groups -OCH3 is 2. The predicted octanol–water partition coefficient (Wildman–Crippen LogP) is 2.84. The van der Waals surface area contributed by atoms with E-state index in [1.54, 1.807) is 7.11 Å². The number of nitrogens with one attached hydrogen (secondary N) is 1. The van der Waals surface area contributed by atoms with E-state index in [-0.39, 0.29) is 41.8 Å². The zero-order chi connectivity index (χ0) is 21.5. The van der Waals surface area contributed by atoms with Gasteiger partial charge >= 0.3 is 5.97 Å². The highest BCUT2D eigenvalue weighted by molar-refractivity contribution is 14.0. The van der Waals surface area contributed by atoms with Crippen molar-refractivity contribution < 1.29 is 14.3 Å². The number of ether oxygens (including phenoxy) is 2. The van der Waals surface area contributed by atoms with Gasteiger partial charge in [0.2, 0.25) is 0 Å². The fourth-order valence-electron chi connectivity index (χ4n) is 4.50. The van der Waals surface area contributed by atoms with Crippen molar-refractivity contribution in [3.05, 3.63) is 29.8 Å². The first-order valence-electron chi connectivity index (χ1n) is 10.9. The van der Waals surface area contributed by atoms with Crippen molar-refractivity contribution in [1.82, 2.24) is 15.1 Å². The van der Waals surface area contributed by atoms with Gasteiger partial charge in [-0.15, -0.1) is 24.0 Å². The van der Waals surface area contributed by atoms with Crippen LogP contribution in [0.2, 0.25) is 0 Å². The highest BCUT2D eigenvalue weighted by Gasteiger charge is 2.37. The van der Waals surface area contributed by atoms with E-state index in [0.717, 1.165) is 44.4 Å². The summed E-state index contributed by atoms with van der Waals surface area (Å²) in [5, 5.41) is 3.55. The second-order valence-corrected chi connectivity index (χ2v) is 8.51. The molecule has 2 atom stereocenters. The van der Waals surface area contributed by atoms with Gasteiger partial charge in [-0.25, -0.2) is 0 Å². The molecule has 2 heterocycles. The summed E-state index contributed by atoms with van der Waals surface area (Å²) < 4.78 is 10.2. The maximum atomic E-state index is 12.0. The summed E-state index contributed by atoms with van der Waals surface area (Å²) >= 11 is 0. The van der Waals surface area contributed by atoms with Crippen molar-refractivity contribution in [1.29, 1.82) is 0 Å². The number of guanidine groups is 1. The molecule has 31 heavy (non-hydrogen) atoms. The van der Waals surface area contributed by atoms with Gasteiger partial charge in [0, 0.05) is 33.2 Å². The molecule has 0 bridgehead atoms. The highest BCUT2D eigenvalue weighted by atomic mass is 127. The van der Waals surface area contributed by atoms with Gasteiger partial charge in [0.15, 0.2) is 5.96 Å². The van der Waals surface area contributed by atoms with Gasteiger partial charge in [-0.3, -0.25) is 14.7 Å². The summed E-state index contributed by atoms with van der Waals surface area (Å²) in [5.74, 6) is 2.53. The van der Waals surface area contributed by atoms with E-state index in [4.69, 9.17) is 9.47 Å². The normalized spacial score (nSPS) is 22.7. The van der Waals surface area contributed by atoms with Crippen LogP contribution in [-0.2, 0) is 16.1 Å². The van der Waals surface area contributed by atoms with Crippen LogP contribution >= 0.6 is 24.0 Å². The number of hydrogen-bond donors (Lipinski definition) is 1. The Labute approximate surface area is 203 Å². The average molecular weight is 544 g/mol. The van der Waals surface area contributed by atoms with Crippen molar-refractivity contribution in [3.63, 3.8) is 0 Å². The summed E-state index contributed by atoms with van der Waals surface area (Å²) in [7, 11) is 4.98. The van der Waals surface area contributed by atoms with Gasteiger partial charge in [-0.1, -0.05) is 19.1 Å². The average Bonchev–Trinajstić information content (AvgIpc) is 3.16. The van der Waals surface area contributed by atoms with Crippen LogP contribution in [0.25, 0.3) is 0 Å². The van der Waals surface area contributed by atoms with Crippen molar-refractivity contribution in [2.45, 2.75) is 26.3 Å². The molecule has 0 saturated carbocycles. The second-order valence-electron chi connectivity index (χ2n) is 8.51. The van der Waals surface area contributed by atoms with E-state index in [9.17, 15) is 4.79 Å². The monoisotopic (exact) mass is 544 g/mol. The molecular weight excluding hydrogens is 507 g/mol. The highest BCUT2D eigenvalue weighted by Crippen LogP contribution is 2.24. The zero-order valence-electron chi connectivity index (χ0n) is 19.2. The van der Waals surface area contributed by atoms with Crippen LogP contribution in [0.5, 0.6) is 5.75 Å². The summed E-state index contributed by atoms with van der Waals surface area (Å²) in [6, 6.07) is 8.35. The van der Waals surface area contributed by atoms with Gasteiger partial charge in [0.1, 0.15) is 5.75 Å². The molecule has 174 valence electrons. The largest absolute Gasteiger partial charge is 0.497 e. The first-order chi connectivity index (χ1) is 14.5. The lowest BCUT2D eigenvalue weighted by molar-refractivity contribution is -0.145. The quantitative estimate of drug-likeness (QED) is 0.257. The molecule has 1 aromatic carbocycles. The van der Waals surface area contributed by atoms with Crippen LogP contribution in [0.4, 0.5) is 0 Å². The van der Waals surface area contributed by atoms with Gasteiger partial charge < -0.3 is 19.7 Å². The Hall–Kier alpha value is -1.55. The van der Waals surface area contributed by atoms with E-state index in [1.807, 2.05) is 19.2 Å². The maximum absolute atomic E-state index is 12.0.